The van der Waals surface area contributed by atoms with Crippen molar-refractivity contribution in [2.45, 2.75) is 51.0 Å². The maximum absolute atomic E-state index is 6.12. The van der Waals surface area contributed by atoms with Crippen LogP contribution in [0.3, 0.4) is 0 Å². The summed E-state index contributed by atoms with van der Waals surface area (Å²) in [6.07, 6.45) is 9.92. The van der Waals surface area contributed by atoms with Crippen LogP contribution in [0.1, 0.15) is 44.9 Å². The Morgan fingerprint density at radius 1 is 1.10 bits per heavy atom. The molecule has 2 atom stereocenters. The van der Waals surface area contributed by atoms with Crippen molar-refractivity contribution >= 4 is 0 Å². The van der Waals surface area contributed by atoms with Crippen LogP contribution in [-0.2, 0) is 9.47 Å². The van der Waals surface area contributed by atoms with Gasteiger partial charge in [0.05, 0.1) is 12.7 Å². The highest BCUT2D eigenvalue weighted by Crippen LogP contribution is 2.42. The Kier molecular flexibility index (Phi) is 3.78. The molecule has 3 nitrogen and oxygen atoms in total. The summed E-state index contributed by atoms with van der Waals surface area (Å²) in [5.74, 6) is 1.88. The van der Waals surface area contributed by atoms with Gasteiger partial charge < -0.3 is 14.4 Å². The number of rotatable bonds is 6. The van der Waals surface area contributed by atoms with Gasteiger partial charge in [0.2, 0.25) is 0 Å². The number of hydrogen-bond acceptors (Lipinski definition) is 3. The molecule has 0 bridgehead atoms. The lowest BCUT2D eigenvalue weighted by molar-refractivity contribution is -0.153. The minimum absolute atomic E-state index is 0.306. The number of hydrogen-bond donors (Lipinski definition) is 0. The standard InChI is InChI=1S/C17H29NO2/c1-7-17(13-19-11-15-4-5-15)12-18(10-14-2-3-14)8-6-16(17)20-9-1/h14-16H,1-13H2/t16-,17-/m1/s1. The van der Waals surface area contributed by atoms with E-state index in [1.54, 1.807) is 0 Å². The summed E-state index contributed by atoms with van der Waals surface area (Å²) < 4.78 is 12.2. The lowest BCUT2D eigenvalue weighted by Gasteiger charge is -2.50. The van der Waals surface area contributed by atoms with Crippen molar-refractivity contribution in [3.8, 4) is 0 Å². The van der Waals surface area contributed by atoms with E-state index in [2.05, 4.69) is 4.90 Å². The molecular weight excluding hydrogens is 250 g/mol. The molecule has 0 amide bonds. The Hall–Kier alpha value is -0.120. The molecule has 4 fully saturated rings. The molecule has 0 aromatic carbocycles. The third-order valence-electron chi connectivity index (χ3n) is 5.72. The third-order valence-corrected chi connectivity index (χ3v) is 5.72. The molecular formula is C17H29NO2. The van der Waals surface area contributed by atoms with E-state index in [0.29, 0.717) is 11.5 Å². The Bertz CT molecular complexity index is 340. The van der Waals surface area contributed by atoms with Crippen LogP contribution >= 0.6 is 0 Å². The quantitative estimate of drug-likeness (QED) is 0.746. The number of nitrogens with zero attached hydrogens (tertiary/aromatic N) is 1. The Balaban J connectivity index is 1.38. The van der Waals surface area contributed by atoms with Crippen molar-refractivity contribution in [1.29, 1.82) is 0 Å². The van der Waals surface area contributed by atoms with Crippen LogP contribution in [0, 0.1) is 17.3 Å². The Labute approximate surface area is 123 Å². The predicted octanol–water partition coefficient (Wildman–Crippen LogP) is 2.69. The van der Waals surface area contributed by atoms with E-state index in [1.165, 1.54) is 64.6 Å². The van der Waals surface area contributed by atoms with Crippen molar-refractivity contribution in [3.63, 3.8) is 0 Å². The van der Waals surface area contributed by atoms with Crippen LogP contribution in [0.2, 0.25) is 0 Å². The van der Waals surface area contributed by atoms with Crippen LogP contribution < -0.4 is 0 Å². The predicted molar refractivity (Wildman–Crippen MR) is 78.7 cm³/mol. The minimum atomic E-state index is 0.306. The number of fused-ring (bicyclic) bond motifs is 1. The maximum atomic E-state index is 6.12. The Morgan fingerprint density at radius 2 is 1.95 bits per heavy atom. The number of likely N-dealkylation sites (tertiary alicyclic amines) is 1. The normalized spacial score (nSPS) is 38.7. The zero-order valence-corrected chi connectivity index (χ0v) is 12.7. The Morgan fingerprint density at radius 3 is 2.75 bits per heavy atom. The average molecular weight is 279 g/mol. The zero-order valence-electron chi connectivity index (χ0n) is 12.7. The molecule has 0 aromatic heterocycles. The van der Waals surface area contributed by atoms with Gasteiger partial charge in [0.1, 0.15) is 0 Å². The molecule has 2 saturated heterocycles. The summed E-state index contributed by atoms with van der Waals surface area (Å²) in [5.41, 5.74) is 0.306. The molecule has 20 heavy (non-hydrogen) atoms. The highest BCUT2D eigenvalue weighted by atomic mass is 16.5. The van der Waals surface area contributed by atoms with Crippen LogP contribution in [0.15, 0.2) is 0 Å². The van der Waals surface area contributed by atoms with Crippen molar-refractivity contribution in [2.24, 2.45) is 17.3 Å². The van der Waals surface area contributed by atoms with Crippen molar-refractivity contribution in [2.75, 3.05) is 39.5 Å². The van der Waals surface area contributed by atoms with Crippen LogP contribution in [0.4, 0.5) is 0 Å². The first kappa shape index (κ1) is 13.5. The highest BCUT2D eigenvalue weighted by Gasteiger charge is 2.46. The van der Waals surface area contributed by atoms with E-state index in [-0.39, 0.29) is 0 Å². The SMILES string of the molecule is C1CO[C@@H]2CCN(CC3CC3)C[C@@]2(COCC2CC2)C1. The topological polar surface area (TPSA) is 21.7 Å². The molecule has 2 heterocycles. The fourth-order valence-electron chi connectivity index (χ4n) is 4.13. The van der Waals surface area contributed by atoms with Gasteiger partial charge >= 0.3 is 0 Å². The second-order valence-electron chi connectivity index (χ2n) is 7.75. The number of piperidine rings is 1. The zero-order chi connectivity index (χ0) is 13.4. The van der Waals surface area contributed by atoms with Crippen LogP contribution in [0.25, 0.3) is 0 Å². The van der Waals surface area contributed by atoms with Gasteiger partial charge in [-0.1, -0.05) is 0 Å². The van der Waals surface area contributed by atoms with Gasteiger partial charge in [-0.2, -0.15) is 0 Å². The van der Waals surface area contributed by atoms with E-state index in [0.717, 1.165) is 31.7 Å². The summed E-state index contributed by atoms with van der Waals surface area (Å²) in [6.45, 7) is 6.70. The minimum Gasteiger partial charge on any atom is -0.380 e. The average Bonchev–Trinajstić information content (AvgIpc) is 3.34. The van der Waals surface area contributed by atoms with Gasteiger partial charge in [-0.3, -0.25) is 0 Å². The van der Waals surface area contributed by atoms with Crippen molar-refractivity contribution in [3.05, 3.63) is 0 Å². The number of ether oxygens (including phenoxy) is 2. The van der Waals surface area contributed by atoms with Gasteiger partial charge in [-0.15, -0.1) is 0 Å². The first-order valence-corrected chi connectivity index (χ1v) is 8.76. The molecule has 3 heteroatoms. The lowest BCUT2D eigenvalue weighted by Crippen LogP contribution is -2.57. The van der Waals surface area contributed by atoms with E-state index < -0.39 is 0 Å². The van der Waals surface area contributed by atoms with Crippen molar-refractivity contribution in [1.82, 2.24) is 4.90 Å². The molecule has 2 aliphatic heterocycles. The molecule has 0 spiro atoms. The maximum Gasteiger partial charge on any atom is 0.0677 e. The largest absolute Gasteiger partial charge is 0.380 e. The molecule has 0 aromatic rings. The molecule has 0 unspecified atom stereocenters. The van der Waals surface area contributed by atoms with Crippen LogP contribution in [0.5, 0.6) is 0 Å². The first-order chi connectivity index (χ1) is 9.84. The second-order valence-corrected chi connectivity index (χ2v) is 7.75. The lowest BCUT2D eigenvalue weighted by atomic mass is 9.73. The summed E-state index contributed by atoms with van der Waals surface area (Å²) in [7, 11) is 0. The fourth-order valence-corrected chi connectivity index (χ4v) is 4.13. The molecule has 0 N–H and O–H groups in total. The second kappa shape index (κ2) is 5.58. The van der Waals surface area contributed by atoms with Gasteiger partial charge in [0, 0.05) is 38.3 Å². The first-order valence-electron chi connectivity index (χ1n) is 8.76. The van der Waals surface area contributed by atoms with Gasteiger partial charge in [-0.25, -0.2) is 0 Å². The van der Waals surface area contributed by atoms with E-state index >= 15 is 0 Å². The molecule has 4 rings (SSSR count). The third kappa shape index (κ3) is 3.05. The summed E-state index contributed by atoms with van der Waals surface area (Å²) >= 11 is 0. The molecule has 114 valence electrons. The fraction of sp³-hybridized carbons (Fsp3) is 1.00. The monoisotopic (exact) mass is 279 g/mol. The molecule has 4 aliphatic rings. The summed E-state index contributed by atoms with van der Waals surface area (Å²) in [4.78, 5) is 2.71. The smallest absolute Gasteiger partial charge is 0.0677 e. The molecule has 2 saturated carbocycles. The summed E-state index contributed by atoms with van der Waals surface area (Å²) in [6, 6.07) is 0. The molecule has 0 radical (unpaired) electrons. The van der Waals surface area contributed by atoms with E-state index in [1.807, 2.05) is 0 Å². The van der Waals surface area contributed by atoms with Gasteiger partial charge in [-0.05, 0) is 56.8 Å². The van der Waals surface area contributed by atoms with E-state index in [4.69, 9.17) is 9.47 Å². The van der Waals surface area contributed by atoms with Crippen molar-refractivity contribution < 1.29 is 9.47 Å². The van der Waals surface area contributed by atoms with E-state index in [9.17, 15) is 0 Å². The highest BCUT2D eigenvalue weighted by molar-refractivity contribution is 4.97. The summed E-state index contributed by atoms with van der Waals surface area (Å²) in [5, 5.41) is 0. The molecule has 2 aliphatic carbocycles. The van der Waals surface area contributed by atoms with Gasteiger partial charge in [0.25, 0.3) is 0 Å². The van der Waals surface area contributed by atoms with Crippen LogP contribution in [-0.4, -0.2) is 50.5 Å². The van der Waals surface area contributed by atoms with Gasteiger partial charge in [0.15, 0.2) is 0 Å².